The molecule has 0 aliphatic carbocycles. The molecule has 0 aromatic carbocycles. The Morgan fingerprint density at radius 1 is 0.605 bits per heavy atom. The summed E-state index contributed by atoms with van der Waals surface area (Å²) in [5.41, 5.74) is 0. The van der Waals surface area contributed by atoms with Crippen molar-refractivity contribution in [3.8, 4) is 0 Å². The van der Waals surface area contributed by atoms with Crippen LogP contribution in [0.4, 0.5) is 0 Å². The van der Waals surface area contributed by atoms with Crippen molar-refractivity contribution < 1.29 is 30.0 Å². The molecule has 0 rings (SSSR count). The lowest BCUT2D eigenvalue weighted by molar-refractivity contribution is -0.142. The minimum absolute atomic E-state index is 0.0464. The van der Waals surface area contributed by atoms with Crippen LogP contribution in [0.1, 0.15) is 110 Å². The van der Waals surface area contributed by atoms with Gasteiger partial charge in [0.05, 0.1) is 32.3 Å². The number of hydrogen-bond acceptors (Lipinski definition) is 6. The first-order chi connectivity index (χ1) is 18.5. The largest absolute Gasteiger partial charge is 0.395 e. The van der Waals surface area contributed by atoms with Gasteiger partial charge in [0.1, 0.15) is 0 Å². The third-order valence-electron chi connectivity index (χ3n) is 6.98. The van der Waals surface area contributed by atoms with Gasteiger partial charge in [-0.15, -0.1) is 0 Å². The Kier molecular flexibility index (Phi) is 26.0. The molecular weight excluding hydrogens is 484 g/mol. The quantitative estimate of drug-likeness (QED) is 0.0918. The highest BCUT2D eigenvalue weighted by Crippen LogP contribution is 2.17. The molecule has 8 heteroatoms. The number of hydrogen-bond donors (Lipinski definition) is 4. The van der Waals surface area contributed by atoms with Gasteiger partial charge in [0.2, 0.25) is 11.8 Å². The van der Waals surface area contributed by atoms with E-state index in [1.165, 1.54) is 86.8 Å². The number of nitrogens with zero attached hydrogens (tertiary/aromatic N) is 2. The smallest absolute Gasteiger partial charge is 0.226 e. The van der Waals surface area contributed by atoms with E-state index in [0.717, 1.165) is 12.8 Å². The fraction of sp³-hybridized carbons (Fsp3) is 0.867. The standard InChI is InChI=1S/C30H58N2O6/c1-2-3-4-5-6-7-8-9-10-11-12-13-14-15-16-17-18-28(30(38)32(21-25-35)22-26-36)27-29(37)31(19-23-33)20-24-34/h16-17,28,33-36H,2-15,18-27H2,1H3/b17-16+. The van der Waals surface area contributed by atoms with E-state index in [2.05, 4.69) is 13.0 Å². The molecule has 224 valence electrons. The van der Waals surface area contributed by atoms with Gasteiger partial charge in [0.15, 0.2) is 0 Å². The van der Waals surface area contributed by atoms with Crippen molar-refractivity contribution in [2.24, 2.45) is 5.92 Å². The second-order valence-electron chi connectivity index (χ2n) is 10.2. The van der Waals surface area contributed by atoms with Crippen molar-refractivity contribution in [3.63, 3.8) is 0 Å². The Balaban J connectivity index is 4.44. The first kappa shape index (κ1) is 36.5. The number of rotatable bonds is 27. The summed E-state index contributed by atoms with van der Waals surface area (Å²) in [6.45, 7) is 1.79. The minimum atomic E-state index is -0.622. The van der Waals surface area contributed by atoms with Gasteiger partial charge in [-0.25, -0.2) is 0 Å². The maximum absolute atomic E-state index is 13.1. The molecule has 0 radical (unpaired) electrons. The van der Waals surface area contributed by atoms with Crippen molar-refractivity contribution in [2.45, 2.75) is 110 Å². The van der Waals surface area contributed by atoms with E-state index in [0.29, 0.717) is 6.42 Å². The van der Waals surface area contributed by atoms with E-state index in [-0.39, 0.29) is 70.8 Å². The van der Waals surface area contributed by atoms with Gasteiger partial charge in [-0.2, -0.15) is 0 Å². The summed E-state index contributed by atoms with van der Waals surface area (Å²) >= 11 is 0. The molecule has 0 bridgehead atoms. The number of unbranched alkanes of at least 4 members (excludes halogenated alkanes) is 13. The number of allylic oxidation sites excluding steroid dienone is 2. The lowest BCUT2D eigenvalue weighted by Gasteiger charge is -2.27. The van der Waals surface area contributed by atoms with Crippen LogP contribution in [0.2, 0.25) is 0 Å². The number of aliphatic hydroxyl groups excluding tert-OH is 4. The molecule has 0 heterocycles. The van der Waals surface area contributed by atoms with Crippen LogP contribution in [0.5, 0.6) is 0 Å². The molecule has 2 amide bonds. The van der Waals surface area contributed by atoms with E-state index in [9.17, 15) is 30.0 Å². The van der Waals surface area contributed by atoms with Crippen molar-refractivity contribution in [3.05, 3.63) is 12.2 Å². The van der Waals surface area contributed by atoms with Crippen LogP contribution in [-0.2, 0) is 9.59 Å². The molecule has 0 spiro atoms. The zero-order valence-corrected chi connectivity index (χ0v) is 24.2. The summed E-state index contributed by atoms with van der Waals surface area (Å²) < 4.78 is 0. The predicted molar refractivity (Wildman–Crippen MR) is 154 cm³/mol. The van der Waals surface area contributed by atoms with Crippen molar-refractivity contribution in [1.82, 2.24) is 9.80 Å². The fourth-order valence-corrected chi connectivity index (χ4v) is 4.70. The number of amides is 2. The second-order valence-corrected chi connectivity index (χ2v) is 10.2. The average Bonchev–Trinajstić information content (AvgIpc) is 2.91. The highest BCUT2D eigenvalue weighted by atomic mass is 16.3. The highest BCUT2D eigenvalue weighted by molar-refractivity contribution is 5.86. The molecular formula is C30H58N2O6. The molecule has 0 saturated heterocycles. The van der Waals surface area contributed by atoms with Gasteiger partial charge in [-0.1, -0.05) is 96.1 Å². The maximum atomic E-state index is 13.1. The van der Waals surface area contributed by atoms with E-state index in [1.54, 1.807) is 0 Å². The Bertz CT molecular complexity index is 575. The van der Waals surface area contributed by atoms with Crippen molar-refractivity contribution in [2.75, 3.05) is 52.6 Å². The third-order valence-corrected chi connectivity index (χ3v) is 6.98. The Hall–Kier alpha value is -1.48. The van der Waals surface area contributed by atoms with Crippen molar-refractivity contribution in [1.29, 1.82) is 0 Å². The maximum Gasteiger partial charge on any atom is 0.226 e. The van der Waals surface area contributed by atoms with Gasteiger partial charge >= 0.3 is 0 Å². The molecule has 0 aliphatic rings. The van der Waals surface area contributed by atoms with E-state index < -0.39 is 5.92 Å². The normalized spacial score (nSPS) is 12.2. The molecule has 0 aromatic rings. The zero-order chi connectivity index (χ0) is 28.3. The minimum Gasteiger partial charge on any atom is -0.395 e. The van der Waals surface area contributed by atoms with Crippen LogP contribution >= 0.6 is 0 Å². The van der Waals surface area contributed by atoms with Crippen LogP contribution in [0.3, 0.4) is 0 Å². The molecule has 38 heavy (non-hydrogen) atoms. The summed E-state index contributed by atoms with van der Waals surface area (Å²) in [4.78, 5) is 28.6. The second kappa shape index (κ2) is 27.1. The Morgan fingerprint density at radius 2 is 1.03 bits per heavy atom. The molecule has 8 nitrogen and oxygen atoms in total. The Morgan fingerprint density at radius 3 is 1.47 bits per heavy atom. The summed E-state index contributed by atoms with van der Waals surface area (Å²) in [7, 11) is 0. The van der Waals surface area contributed by atoms with Gasteiger partial charge in [-0.05, 0) is 19.3 Å². The highest BCUT2D eigenvalue weighted by Gasteiger charge is 2.27. The van der Waals surface area contributed by atoms with Gasteiger partial charge < -0.3 is 30.2 Å². The first-order valence-corrected chi connectivity index (χ1v) is 15.2. The van der Waals surface area contributed by atoms with Crippen LogP contribution in [0.15, 0.2) is 12.2 Å². The molecule has 0 fully saturated rings. The van der Waals surface area contributed by atoms with E-state index in [4.69, 9.17) is 0 Å². The number of aliphatic hydroxyl groups is 4. The number of carbonyl (C=O) groups excluding carboxylic acids is 2. The molecule has 4 N–H and O–H groups in total. The fourth-order valence-electron chi connectivity index (χ4n) is 4.70. The molecule has 0 saturated carbocycles. The monoisotopic (exact) mass is 542 g/mol. The lowest BCUT2D eigenvalue weighted by Crippen LogP contribution is -2.43. The predicted octanol–water partition coefficient (Wildman–Crippen LogP) is 4.05. The molecule has 1 atom stereocenters. The topological polar surface area (TPSA) is 122 Å². The average molecular weight is 543 g/mol. The molecule has 1 unspecified atom stereocenters. The van der Waals surface area contributed by atoms with Gasteiger partial charge in [-0.3, -0.25) is 9.59 Å². The first-order valence-electron chi connectivity index (χ1n) is 15.2. The van der Waals surface area contributed by atoms with Crippen LogP contribution in [0, 0.1) is 5.92 Å². The van der Waals surface area contributed by atoms with E-state index >= 15 is 0 Å². The lowest BCUT2D eigenvalue weighted by atomic mass is 9.97. The van der Waals surface area contributed by atoms with Crippen LogP contribution in [0.25, 0.3) is 0 Å². The SMILES string of the molecule is CCCCCCCCCCCCCCC/C=C/CC(CC(=O)N(CCO)CCO)C(=O)N(CCO)CCO. The summed E-state index contributed by atoms with van der Waals surface area (Å²) in [6.07, 6.45) is 22.4. The summed E-state index contributed by atoms with van der Waals surface area (Å²) in [5.74, 6) is -1.20. The van der Waals surface area contributed by atoms with Gasteiger partial charge in [0, 0.05) is 32.6 Å². The van der Waals surface area contributed by atoms with Crippen LogP contribution < -0.4 is 0 Å². The van der Waals surface area contributed by atoms with Gasteiger partial charge in [0.25, 0.3) is 0 Å². The summed E-state index contributed by atoms with van der Waals surface area (Å²) in [6, 6.07) is 0. The Labute approximate surface area is 232 Å². The van der Waals surface area contributed by atoms with Crippen molar-refractivity contribution >= 4 is 11.8 Å². The summed E-state index contributed by atoms with van der Waals surface area (Å²) in [5, 5.41) is 37.1. The van der Waals surface area contributed by atoms with E-state index in [1.807, 2.05) is 6.08 Å². The molecule has 0 aromatic heterocycles. The van der Waals surface area contributed by atoms with Crippen LogP contribution in [-0.4, -0.2) is 94.6 Å². The molecule has 0 aliphatic heterocycles. The third kappa shape index (κ3) is 19.6. The zero-order valence-electron chi connectivity index (χ0n) is 24.2. The number of carbonyl (C=O) groups is 2.